The summed E-state index contributed by atoms with van der Waals surface area (Å²) in [6.45, 7) is 15.2. The van der Waals surface area contributed by atoms with Crippen LogP contribution < -0.4 is 14.7 Å². The topological polar surface area (TPSA) is 74.8 Å². The van der Waals surface area contributed by atoms with Gasteiger partial charge >= 0.3 is 6.09 Å². The molecule has 0 bridgehead atoms. The van der Waals surface area contributed by atoms with E-state index in [9.17, 15) is 9.59 Å². The molecule has 0 aliphatic carbocycles. The molecule has 198 valence electrons. The zero-order valence-corrected chi connectivity index (χ0v) is 22.8. The number of likely N-dealkylation sites (tertiary alicyclic amines) is 2. The van der Waals surface area contributed by atoms with E-state index in [1.807, 2.05) is 25.7 Å². The maximum Gasteiger partial charge on any atom is 0.410 e. The van der Waals surface area contributed by atoms with Gasteiger partial charge in [0.25, 0.3) is 0 Å². The van der Waals surface area contributed by atoms with Gasteiger partial charge < -0.3 is 19.9 Å². The predicted molar refractivity (Wildman–Crippen MR) is 142 cm³/mol. The summed E-state index contributed by atoms with van der Waals surface area (Å²) < 4.78 is 6.52. The largest absolute Gasteiger partial charge is 0.444 e. The molecule has 1 N–H and O–H groups in total. The van der Waals surface area contributed by atoms with Crippen LogP contribution in [0.15, 0.2) is 12.1 Å². The molecule has 5 rings (SSSR count). The summed E-state index contributed by atoms with van der Waals surface area (Å²) in [4.78, 5) is 35.2. The number of anilines is 1. The van der Waals surface area contributed by atoms with Gasteiger partial charge in [0, 0.05) is 58.1 Å². The van der Waals surface area contributed by atoms with Gasteiger partial charge in [-0.15, -0.1) is 0 Å². The first-order valence-electron chi connectivity index (χ1n) is 13.9. The van der Waals surface area contributed by atoms with Gasteiger partial charge in [-0.05, 0) is 59.9 Å². The Morgan fingerprint density at radius 1 is 1.17 bits per heavy atom. The van der Waals surface area contributed by atoms with Crippen molar-refractivity contribution in [1.82, 2.24) is 19.7 Å². The monoisotopic (exact) mass is 498 g/mol. The van der Waals surface area contributed by atoms with Crippen molar-refractivity contribution < 1.29 is 14.3 Å². The number of hydrogen-bond donors (Lipinski definition) is 1. The Morgan fingerprint density at radius 2 is 1.89 bits per heavy atom. The standard InChI is InChI=1S/C28H44N5O3/c1-20-7-6-18-33(20,22-10-14-29-19-22)24-9-8-23(21(2)30-24)32-17-13-28(25(32)34)11-15-31(16-12-28)26(35)36-27(3,4)5/h8-9,20,22,29H,6-7,10-19H2,1-5H3/q+1/t20-,22-,33?/m0/s1. The van der Waals surface area contributed by atoms with Gasteiger partial charge in [-0.2, -0.15) is 4.98 Å². The molecule has 1 spiro atoms. The summed E-state index contributed by atoms with van der Waals surface area (Å²) in [6, 6.07) is 5.50. The maximum atomic E-state index is 13.8. The molecule has 8 heteroatoms. The number of carbonyl (C=O) groups excluding carboxylic acids is 2. The molecule has 36 heavy (non-hydrogen) atoms. The number of rotatable bonds is 3. The molecule has 4 aliphatic rings. The Labute approximate surface area is 215 Å². The SMILES string of the molecule is Cc1nc([N+]2([C@H]3CCNC3)CCC[C@@H]2C)ccc1N1CCC2(CCN(C(=O)OC(C)(C)C)CC2)C1=O. The van der Waals surface area contributed by atoms with Gasteiger partial charge in [-0.1, -0.05) is 0 Å². The Morgan fingerprint density at radius 3 is 2.47 bits per heavy atom. The summed E-state index contributed by atoms with van der Waals surface area (Å²) in [5.74, 6) is 1.37. The second-order valence-electron chi connectivity index (χ2n) is 12.5. The van der Waals surface area contributed by atoms with E-state index in [0.29, 0.717) is 38.0 Å². The second kappa shape index (κ2) is 9.28. The smallest absolute Gasteiger partial charge is 0.410 e. The number of ether oxygens (including phenoxy) is 1. The van der Waals surface area contributed by atoms with Crippen LogP contribution in [0.1, 0.15) is 71.9 Å². The number of amides is 2. The Bertz CT molecular complexity index is 1010. The summed E-state index contributed by atoms with van der Waals surface area (Å²) in [5.41, 5.74) is 1.01. The lowest BCUT2D eigenvalue weighted by Crippen LogP contribution is -2.60. The van der Waals surface area contributed by atoms with Crippen LogP contribution in [0, 0.1) is 12.3 Å². The molecular weight excluding hydrogens is 454 g/mol. The van der Waals surface area contributed by atoms with Crippen molar-refractivity contribution in [2.45, 2.75) is 90.8 Å². The average Bonchev–Trinajstić information content (AvgIpc) is 3.55. The first-order chi connectivity index (χ1) is 17.1. The van der Waals surface area contributed by atoms with Gasteiger partial charge in [0.2, 0.25) is 11.7 Å². The minimum atomic E-state index is -0.509. The zero-order chi connectivity index (χ0) is 25.7. The highest BCUT2D eigenvalue weighted by atomic mass is 16.6. The first kappa shape index (κ1) is 25.5. The van der Waals surface area contributed by atoms with Crippen molar-refractivity contribution in [2.24, 2.45) is 5.41 Å². The third kappa shape index (κ3) is 4.30. The third-order valence-corrected chi connectivity index (χ3v) is 9.27. The quantitative estimate of drug-likeness (QED) is 0.638. The van der Waals surface area contributed by atoms with Crippen LogP contribution in [0.25, 0.3) is 0 Å². The molecule has 1 aromatic rings. The van der Waals surface area contributed by atoms with Gasteiger partial charge in [-0.3, -0.25) is 9.28 Å². The number of nitrogens with zero attached hydrogens (tertiary/aromatic N) is 4. The number of piperidine rings is 1. The highest BCUT2D eigenvalue weighted by Gasteiger charge is 2.51. The van der Waals surface area contributed by atoms with E-state index in [-0.39, 0.29) is 17.4 Å². The van der Waals surface area contributed by atoms with E-state index in [1.54, 1.807) is 4.90 Å². The number of hydrogen-bond acceptors (Lipinski definition) is 5. The second-order valence-corrected chi connectivity index (χ2v) is 12.5. The van der Waals surface area contributed by atoms with E-state index < -0.39 is 5.60 Å². The van der Waals surface area contributed by atoms with Crippen LogP contribution >= 0.6 is 0 Å². The molecule has 1 aromatic heterocycles. The third-order valence-electron chi connectivity index (χ3n) is 9.27. The average molecular weight is 499 g/mol. The molecular formula is C28H44N5O3+. The lowest BCUT2D eigenvalue weighted by molar-refractivity contribution is -0.128. The van der Waals surface area contributed by atoms with Gasteiger partial charge in [0.1, 0.15) is 11.6 Å². The van der Waals surface area contributed by atoms with Crippen molar-refractivity contribution in [2.75, 3.05) is 44.2 Å². The highest BCUT2D eigenvalue weighted by Crippen LogP contribution is 2.45. The van der Waals surface area contributed by atoms with Crippen LogP contribution in [-0.2, 0) is 9.53 Å². The maximum absolute atomic E-state index is 13.8. The number of pyridine rings is 1. The van der Waals surface area contributed by atoms with E-state index in [4.69, 9.17) is 9.72 Å². The summed E-state index contributed by atoms with van der Waals surface area (Å²) in [6.07, 6.45) is 5.62. The normalized spacial score (nSPS) is 30.4. The lowest BCUT2D eigenvalue weighted by Gasteiger charge is -2.42. The molecule has 0 saturated carbocycles. The molecule has 0 radical (unpaired) electrons. The molecule has 1 unspecified atom stereocenters. The van der Waals surface area contributed by atoms with Crippen LogP contribution in [0.3, 0.4) is 0 Å². The summed E-state index contributed by atoms with van der Waals surface area (Å²) >= 11 is 0. The van der Waals surface area contributed by atoms with E-state index in [1.165, 1.54) is 25.1 Å². The van der Waals surface area contributed by atoms with E-state index >= 15 is 0 Å². The van der Waals surface area contributed by atoms with Gasteiger partial charge in [0.05, 0.1) is 29.4 Å². The lowest BCUT2D eigenvalue weighted by atomic mass is 9.77. The van der Waals surface area contributed by atoms with Gasteiger partial charge in [-0.25, -0.2) is 4.79 Å². The molecule has 4 fully saturated rings. The molecule has 3 atom stereocenters. The van der Waals surface area contributed by atoms with E-state index in [0.717, 1.165) is 48.5 Å². The fourth-order valence-corrected chi connectivity index (χ4v) is 7.22. The summed E-state index contributed by atoms with van der Waals surface area (Å²) in [5, 5.41) is 3.57. The minimum absolute atomic E-state index is 0.197. The van der Waals surface area contributed by atoms with Crippen molar-refractivity contribution in [3.63, 3.8) is 0 Å². The number of nitrogens with one attached hydrogen (secondary N) is 1. The fourth-order valence-electron chi connectivity index (χ4n) is 7.22. The molecule has 2 amide bonds. The van der Waals surface area contributed by atoms with Crippen LogP contribution in [0.4, 0.5) is 16.3 Å². The summed E-state index contributed by atoms with van der Waals surface area (Å²) in [7, 11) is 0. The number of carbonyl (C=O) groups is 2. The van der Waals surface area contributed by atoms with Crippen LogP contribution in [0.2, 0.25) is 0 Å². The highest BCUT2D eigenvalue weighted by molar-refractivity contribution is 6.00. The van der Waals surface area contributed by atoms with Crippen LogP contribution in [-0.4, -0.2) is 78.8 Å². The number of aryl methyl sites for hydroxylation is 1. The van der Waals surface area contributed by atoms with Crippen molar-refractivity contribution in [3.8, 4) is 0 Å². The van der Waals surface area contributed by atoms with E-state index in [2.05, 4.69) is 31.3 Å². The van der Waals surface area contributed by atoms with Gasteiger partial charge in [0.15, 0.2) is 0 Å². The molecule has 4 aliphatic heterocycles. The molecule has 5 heterocycles. The Balaban J connectivity index is 1.31. The molecule has 8 nitrogen and oxygen atoms in total. The first-order valence-corrected chi connectivity index (χ1v) is 13.9. The van der Waals surface area contributed by atoms with Crippen molar-refractivity contribution in [3.05, 3.63) is 17.8 Å². The van der Waals surface area contributed by atoms with Crippen molar-refractivity contribution in [1.29, 1.82) is 0 Å². The molecule has 4 saturated heterocycles. The fraction of sp³-hybridized carbons (Fsp3) is 0.750. The zero-order valence-electron chi connectivity index (χ0n) is 22.8. The minimum Gasteiger partial charge on any atom is -0.444 e. The van der Waals surface area contributed by atoms with Crippen LogP contribution in [0.5, 0.6) is 0 Å². The Kier molecular flexibility index (Phi) is 6.56. The van der Waals surface area contributed by atoms with Crippen molar-refractivity contribution >= 4 is 23.5 Å². The Hall–Kier alpha value is -2.19. The number of aromatic nitrogens is 1. The molecule has 0 aromatic carbocycles. The number of quaternary nitrogens is 1. The predicted octanol–water partition coefficient (Wildman–Crippen LogP) is 4.00.